The molecule has 0 saturated carbocycles. The number of hydrogen-bond donors (Lipinski definition) is 2. The molecule has 1 heterocycles. The van der Waals surface area contributed by atoms with Gasteiger partial charge in [-0.15, -0.1) is 11.3 Å². The van der Waals surface area contributed by atoms with Crippen LogP contribution in [0.2, 0.25) is 15.1 Å². The number of carbonyl (C=O) groups excluding carboxylic acids is 2. The molecule has 0 saturated heterocycles. The van der Waals surface area contributed by atoms with Crippen molar-refractivity contribution in [1.29, 1.82) is 0 Å². The molecule has 5 nitrogen and oxygen atoms in total. The minimum atomic E-state index is -0.469. The molecule has 1 aromatic heterocycles. The van der Waals surface area contributed by atoms with Gasteiger partial charge in [0.25, 0.3) is 5.91 Å². The van der Waals surface area contributed by atoms with E-state index in [-0.39, 0.29) is 16.4 Å². The number of benzene rings is 2. The van der Waals surface area contributed by atoms with E-state index < -0.39 is 11.8 Å². The Morgan fingerprint density at radius 3 is 2.63 bits per heavy atom. The van der Waals surface area contributed by atoms with Crippen LogP contribution in [-0.4, -0.2) is 25.5 Å². The van der Waals surface area contributed by atoms with Gasteiger partial charge in [0.1, 0.15) is 10.6 Å². The number of methoxy groups -OCH3 is 1. The van der Waals surface area contributed by atoms with Crippen molar-refractivity contribution in [2.45, 2.75) is 0 Å². The first kappa shape index (κ1) is 19.8. The summed E-state index contributed by atoms with van der Waals surface area (Å²) in [7, 11) is 1.51. The number of hydrogen-bond acceptors (Lipinski definition) is 4. The molecule has 0 fully saturated rings. The lowest BCUT2D eigenvalue weighted by atomic mass is 10.2. The Morgan fingerprint density at radius 1 is 1.15 bits per heavy atom. The second-order valence-corrected chi connectivity index (χ2v) is 7.71. The molecule has 9 heteroatoms. The maximum absolute atomic E-state index is 12.4. The number of fused-ring (bicyclic) bond motifs is 1. The smallest absolute Gasteiger partial charge is 0.263 e. The van der Waals surface area contributed by atoms with Crippen molar-refractivity contribution in [3.63, 3.8) is 0 Å². The Bertz CT molecular complexity index is 1040. The molecule has 0 unspecified atom stereocenters. The van der Waals surface area contributed by atoms with E-state index in [1.54, 1.807) is 36.4 Å². The largest absolute Gasteiger partial charge is 0.495 e. The van der Waals surface area contributed by atoms with Gasteiger partial charge in [-0.05, 0) is 24.3 Å². The first-order chi connectivity index (χ1) is 12.9. The Hall–Kier alpha value is -1.99. The van der Waals surface area contributed by atoms with E-state index in [1.807, 2.05) is 0 Å². The van der Waals surface area contributed by atoms with E-state index in [0.717, 1.165) is 11.3 Å². The second kappa shape index (κ2) is 8.35. The van der Waals surface area contributed by atoms with E-state index in [4.69, 9.17) is 39.5 Å². The first-order valence-electron chi connectivity index (χ1n) is 7.68. The van der Waals surface area contributed by atoms with Crippen LogP contribution >= 0.6 is 46.1 Å². The van der Waals surface area contributed by atoms with Crippen LogP contribution in [0.5, 0.6) is 5.75 Å². The highest BCUT2D eigenvalue weighted by Crippen LogP contribution is 2.41. The van der Waals surface area contributed by atoms with Crippen molar-refractivity contribution >= 4 is 73.7 Å². The van der Waals surface area contributed by atoms with E-state index in [9.17, 15) is 9.59 Å². The Kier molecular flexibility index (Phi) is 6.11. The van der Waals surface area contributed by atoms with Gasteiger partial charge in [0.15, 0.2) is 0 Å². The Balaban J connectivity index is 1.71. The SMILES string of the molecule is COc1ccccc1NC(=O)CNC(=O)c1sc2cc(Cl)cc(Cl)c2c1Cl. The number of para-hydroxylation sites is 2. The third-order valence-electron chi connectivity index (χ3n) is 3.65. The van der Waals surface area contributed by atoms with Crippen molar-refractivity contribution in [3.8, 4) is 5.75 Å². The van der Waals surface area contributed by atoms with Gasteiger partial charge < -0.3 is 15.4 Å². The number of halogens is 3. The third-order valence-corrected chi connectivity index (χ3v) is 5.79. The number of amides is 2. The van der Waals surface area contributed by atoms with E-state index in [1.165, 1.54) is 7.11 Å². The van der Waals surface area contributed by atoms with E-state index in [2.05, 4.69) is 10.6 Å². The summed E-state index contributed by atoms with van der Waals surface area (Å²) in [5.41, 5.74) is 0.514. The number of rotatable bonds is 5. The molecule has 0 aliphatic heterocycles. The standard InChI is InChI=1S/C18H13Cl3N2O3S/c1-26-12-5-3-2-4-11(12)23-14(24)8-22-18(25)17-16(21)15-10(20)6-9(19)7-13(15)27-17/h2-7H,8H2,1H3,(H,22,25)(H,23,24). The summed E-state index contributed by atoms with van der Waals surface area (Å²) in [6.07, 6.45) is 0. The van der Waals surface area contributed by atoms with Gasteiger partial charge >= 0.3 is 0 Å². The monoisotopic (exact) mass is 442 g/mol. The van der Waals surface area contributed by atoms with Crippen LogP contribution in [0.15, 0.2) is 36.4 Å². The van der Waals surface area contributed by atoms with Crippen molar-refractivity contribution in [3.05, 3.63) is 56.3 Å². The van der Waals surface area contributed by atoms with Crippen LogP contribution in [0.25, 0.3) is 10.1 Å². The normalized spacial score (nSPS) is 10.7. The van der Waals surface area contributed by atoms with Crippen molar-refractivity contribution in [2.24, 2.45) is 0 Å². The van der Waals surface area contributed by atoms with Gasteiger partial charge in [0, 0.05) is 15.1 Å². The third kappa shape index (κ3) is 4.30. The van der Waals surface area contributed by atoms with Crippen LogP contribution in [0.1, 0.15) is 9.67 Å². The lowest BCUT2D eigenvalue weighted by molar-refractivity contribution is -0.115. The molecule has 0 bridgehead atoms. The fourth-order valence-corrected chi connectivity index (χ4v) is 4.74. The zero-order valence-electron chi connectivity index (χ0n) is 13.9. The molecular weight excluding hydrogens is 431 g/mol. The quantitative estimate of drug-likeness (QED) is 0.567. The topological polar surface area (TPSA) is 67.4 Å². The second-order valence-electron chi connectivity index (χ2n) is 5.44. The first-order valence-corrected chi connectivity index (χ1v) is 9.64. The number of nitrogens with one attached hydrogen (secondary N) is 2. The molecule has 2 amide bonds. The summed E-state index contributed by atoms with van der Waals surface area (Å²) in [6.45, 7) is -0.226. The minimum absolute atomic E-state index is 0.226. The van der Waals surface area contributed by atoms with Crippen LogP contribution in [0.4, 0.5) is 5.69 Å². The maximum Gasteiger partial charge on any atom is 0.263 e. The zero-order valence-corrected chi connectivity index (χ0v) is 17.0. The molecule has 0 aliphatic rings. The summed E-state index contributed by atoms with van der Waals surface area (Å²) >= 11 is 19.6. The van der Waals surface area contributed by atoms with Gasteiger partial charge in [-0.2, -0.15) is 0 Å². The number of thiophene rings is 1. The lowest BCUT2D eigenvalue weighted by Gasteiger charge is -2.10. The average Bonchev–Trinajstić information content (AvgIpc) is 2.96. The maximum atomic E-state index is 12.4. The highest BCUT2D eigenvalue weighted by Gasteiger charge is 2.20. The fourth-order valence-electron chi connectivity index (χ4n) is 2.44. The molecule has 0 spiro atoms. The van der Waals surface area contributed by atoms with Crippen molar-refractivity contribution in [1.82, 2.24) is 5.32 Å². The molecule has 2 N–H and O–H groups in total. The lowest BCUT2D eigenvalue weighted by Crippen LogP contribution is -2.32. The van der Waals surface area contributed by atoms with E-state index >= 15 is 0 Å². The molecular formula is C18H13Cl3N2O3S. The Morgan fingerprint density at radius 2 is 1.89 bits per heavy atom. The summed E-state index contributed by atoms with van der Waals surface area (Å²) in [5.74, 6) is -0.342. The van der Waals surface area contributed by atoms with Crippen molar-refractivity contribution < 1.29 is 14.3 Å². The summed E-state index contributed by atoms with van der Waals surface area (Å²) in [6, 6.07) is 10.2. The zero-order chi connectivity index (χ0) is 19.6. The van der Waals surface area contributed by atoms with Crippen LogP contribution in [-0.2, 0) is 4.79 Å². The molecule has 27 heavy (non-hydrogen) atoms. The molecule has 140 valence electrons. The molecule has 0 radical (unpaired) electrons. The summed E-state index contributed by atoms with van der Waals surface area (Å²) in [5, 5.41) is 6.85. The van der Waals surface area contributed by atoms with Gasteiger partial charge in [-0.25, -0.2) is 0 Å². The predicted molar refractivity (Wildman–Crippen MR) is 111 cm³/mol. The molecule has 0 atom stereocenters. The molecule has 3 rings (SSSR count). The fraction of sp³-hybridized carbons (Fsp3) is 0.111. The average molecular weight is 444 g/mol. The number of ether oxygens (including phenoxy) is 1. The van der Waals surface area contributed by atoms with Crippen LogP contribution in [0.3, 0.4) is 0 Å². The van der Waals surface area contributed by atoms with Crippen LogP contribution < -0.4 is 15.4 Å². The number of anilines is 1. The Labute approximate surface area is 174 Å². The molecule has 0 aliphatic carbocycles. The van der Waals surface area contributed by atoms with Crippen molar-refractivity contribution in [2.75, 3.05) is 19.0 Å². The highest BCUT2D eigenvalue weighted by atomic mass is 35.5. The predicted octanol–water partition coefficient (Wildman–Crippen LogP) is 5.24. The molecule has 3 aromatic rings. The van der Waals surface area contributed by atoms with Gasteiger partial charge in [-0.3, -0.25) is 9.59 Å². The van der Waals surface area contributed by atoms with Crippen LogP contribution in [0, 0.1) is 0 Å². The molecule has 2 aromatic carbocycles. The number of carbonyl (C=O) groups is 2. The summed E-state index contributed by atoms with van der Waals surface area (Å²) < 4.78 is 5.87. The summed E-state index contributed by atoms with van der Waals surface area (Å²) in [4.78, 5) is 24.8. The van der Waals surface area contributed by atoms with Gasteiger partial charge in [-0.1, -0.05) is 46.9 Å². The highest BCUT2D eigenvalue weighted by molar-refractivity contribution is 7.21. The van der Waals surface area contributed by atoms with E-state index in [0.29, 0.717) is 31.6 Å². The van der Waals surface area contributed by atoms with Gasteiger partial charge in [0.2, 0.25) is 5.91 Å². The van der Waals surface area contributed by atoms with Gasteiger partial charge in [0.05, 0.1) is 29.4 Å². The minimum Gasteiger partial charge on any atom is -0.495 e.